The van der Waals surface area contributed by atoms with E-state index in [-0.39, 0.29) is 12.5 Å². The lowest BCUT2D eigenvalue weighted by atomic mass is 10.1. The minimum absolute atomic E-state index is 0.139. The van der Waals surface area contributed by atoms with Gasteiger partial charge in [0.15, 0.2) is 6.10 Å². The van der Waals surface area contributed by atoms with Crippen LogP contribution >= 0.6 is 0 Å². The third-order valence-corrected chi connectivity index (χ3v) is 5.65. The molecule has 1 aromatic heterocycles. The summed E-state index contributed by atoms with van der Waals surface area (Å²) in [5.41, 5.74) is 1.67. The van der Waals surface area contributed by atoms with E-state index in [9.17, 15) is 9.59 Å². The van der Waals surface area contributed by atoms with Gasteiger partial charge in [-0.05, 0) is 45.2 Å². The van der Waals surface area contributed by atoms with Gasteiger partial charge >= 0.3 is 6.09 Å². The van der Waals surface area contributed by atoms with Crippen LogP contribution in [-0.4, -0.2) is 78.5 Å². The van der Waals surface area contributed by atoms with Gasteiger partial charge in [0.05, 0.1) is 13.2 Å². The van der Waals surface area contributed by atoms with Gasteiger partial charge in [0.1, 0.15) is 5.60 Å². The zero-order valence-corrected chi connectivity index (χ0v) is 20.5. The molecule has 8 nitrogen and oxygen atoms in total. The number of para-hydroxylation sites is 1. The maximum absolute atomic E-state index is 13.1. The summed E-state index contributed by atoms with van der Waals surface area (Å²) in [5.74, 6) is -0.139. The number of morpholine rings is 1. The van der Waals surface area contributed by atoms with E-state index in [1.807, 2.05) is 32.9 Å². The normalized spacial score (nSPS) is 16.8. The zero-order valence-electron chi connectivity index (χ0n) is 20.5. The van der Waals surface area contributed by atoms with Crippen molar-refractivity contribution in [2.45, 2.75) is 58.4 Å². The Morgan fingerprint density at radius 1 is 1.21 bits per heavy atom. The summed E-state index contributed by atoms with van der Waals surface area (Å²) in [7, 11) is 3.50. The number of ether oxygens (including phenoxy) is 3. The molecule has 0 aliphatic carbocycles. The van der Waals surface area contributed by atoms with Crippen molar-refractivity contribution in [2.75, 3.05) is 40.5 Å². The number of hydrogen-bond acceptors (Lipinski definition) is 5. The number of methoxy groups -OCH3 is 1. The molecule has 1 saturated heterocycles. The van der Waals surface area contributed by atoms with Gasteiger partial charge in [0.25, 0.3) is 5.91 Å². The topological polar surface area (TPSA) is 73.2 Å². The second kappa shape index (κ2) is 11.0. The van der Waals surface area contributed by atoms with E-state index in [1.165, 1.54) is 0 Å². The lowest BCUT2D eigenvalue weighted by Crippen LogP contribution is -2.52. The van der Waals surface area contributed by atoms with Gasteiger partial charge in [-0.3, -0.25) is 4.79 Å². The number of likely N-dealkylation sites (N-methyl/N-ethyl adjacent to an activating group) is 1. The van der Waals surface area contributed by atoms with Crippen molar-refractivity contribution in [3.05, 3.63) is 36.0 Å². The number of carbonyl (C=O) groups is 2. The van der Waals surface area contributed by atoms with E-state index in [4.69, 9.17) is 14.2 Å². The van der Waals surface area contributed by atoms with Gasteiger partial charge < -0.3 is 28.6 Å². The van der Waals surface area contributed by atoms with Crippen LogP contribution in [0, 0.1) is 0 Å². The van der Waals surface area contributed by atoms with Crippen LogP contribution in [0.25, 0.3) is 10.9 Å². The van der Waals surface area contributed by atoms with E-state index in [0.29, 0.717) is 19.7 Å². The molecule has 1 aromatic carbocycles. The predicted octanol–water partition coefficient (Wildman–Crippen LogP) is 3.66. The van der Waals surface area contributed by atoms with Gasteiger partial charge in [-0.25, -0.2) is 4.79 Å². The Bertz CT molecular complexity index is 949. The monoisotopic (exact) mass is 459 g/mol. The van der Waals surface area contributed by atoms with Gasteiger partial charge in [-0.15, -0.1) is 0 Å². The molecule has 182 valence electrons. The lowest BCUT2D eigenvalue weighted by Gasteiger charge is -2.35. The highest BCUT2D eigenvalue weighted by atomic mass is 16.6. The number of amides is 2. The summed E-state index contributed by atoms with van der Waals surface area (Å²) >= 11 is 0. The molecule has 2 heterocycles. The second-order valence-electron chi connectivity index (χ2n) is 9.54. The van der Waals surface area contributed by atoms with Crippen molar-refractivity contribution in [1.82, 2.24) is 14.4 Å². The fraction of sp³-hybridized carbons (Fsp3) is 0.600. The number of hydrogen-bond donors (Lipinski definition) is 0. The minimum atomic E-state index is -0.696. The van der Waals surface area contributed by atoms with E-state index >= 15 is 0 Å². The first kappa shape index (κ1) is 25.1. The smallest absolute Gasteiger partial charge is 0.410 e. The van der Waals surface area contributed by atoms with Crippen LogP contribution in [0.1, 0.15) is 39.2 Å². The molecule has 1 aliphatic heterocycles. The predicted molar refractivity (Wildman–Crippen MR) is 127 cm³/mol. The second-order valence-corrected chi connectivity index (χ2v) is 9.54. The van der Waals surface area contributed by atoms with Crippen molar-refractivity contribution < 1.29 is 23.8 Å². The molecule has 3 rings (SSSR count). The summed E-state index contributed by atoms with van der Waals surface area (Å²) in [6, 6.07) is 8.26. The molecular formula is C25H37N3O5. The van der Waals surface area contributed by atoms with Crippen LogP contribution in [0.3, 0.4) is 0 Å². The minimum Gasteiger partial charge on any atom is -0.444 e. The van der Waals surface area contributed by atoms with Crippen molar-refractivity contribution in [1.29, 1.82) is 0 Å². The molecule has 1 fully saturated rings. The highest BCUT2D eigenvalue weighted by Crippen LogP contribution is 2.24. The summed E-state index contributed by atoms with van der Waals surface area (Å²) < 4.78 is 18.6. The largest absolute Gasteiger partial charge is 0.444 e. The van der Waals surface area contributed by atoms with Crippen molar-refractivity contribution in [3.63, 3.8) is 0 Å². The van der Waals surface area contributed by atoms with Gasteiger partial charge in [-0.1, -0.05) is 18.2 Å². The zero-order chi connectivity index (χ0) is 24.0. The average molecular weight is 460 g/mol. The maximum Gasteiger partial charge on any atom is 0.410 e. The molecule has 33 heavy (non-hydrogen) atoms. The molecule has 0 radical (unpaired) electrons. The van der Waals surface area contributed by atoms with Crippen molar-refractivity contribution in [3.8, 4) is 0 Å². The number of unbranched alkanes of at least 4 members (excludes halogenated alkanes) is 1. The third kappa shape index (κ3) is 6.71. The molecule has 0 N–H and O–H groups in total. The number of aryl methyl sites for hydroxylation is 1. The Hall–Kier alpha value is -2.58. The highest BCUT2D eigenvalue weighted by molar-refractivity contribution is 5.86. The molecule has 0 bridgehead atoms. The van der Waals surface area contributed by atoms with Gasteiger partial charge in [0, 0.05) is 57.5 Å². The van der Waals surface area contributed by atoms with Crippen molar-refractivity contribution >= 4 is 22.9 Å². The quantitative estimate of drug-likeness (QED) is 0.564. The van der Waals surface area contributed by atoms with Crippen LogP contribution in [0.2, 0.25) is 0 Å². The fourth-order valence-corrected chi connectivity index (χ4v) is 4.03. The Kier molecular flexibility index (Phi) is 8.37. The van der Waals surface area contributed by atoms with E-state index < -0.39 is 17.8 Å². The van der Waals surface area contributed by atoms with Gasteiger partial charge in [-0.2, -0.15) is 0 Å². The Morgan fingerprint density at radius 3 is 2.70 bits per heavy atom. The number of nitrogens with zero attached hydrogens (tertiary/aromatic N) is 3. The van der Waals surface area contributed by atoms with Crippen molar-refractivity contribution in [2.24, 2.45) is 0 Å². The molecule has 1 atom stereocenters. The fourth-order valence-electron chi connectivity index (χ4n) is 4.03. The molecular weight excluding hydrogens is 422 g/mol. The van der Waals surface area contributed by atoms with E-state index in [1.54, 1.807) is 24.0 Å². The van der Waals surface area contributed by atoms with Crippen LogP contribution in [-0.2, 0) is 32.1 Å². The first-order chi connectivity index (χ1) is 15.7. The first-order valence-electron chi connectivity index (χ1n) is 11.6. The average Bonchev–Trinajstić information content (AvgIpc) is 3.12. The van der Waals surface area contributed by atoms with Crippen LogP contribution < -0.4 is 0 Å². The van der Waals surface area contributed by atoms with Crippen LogP contribution in [0.5, 0.6) is 0 Å². The highest BCUT2D eigenvalue weighted by Gasteiger charge is 2.33. The molecule has 1 aliphatic rings. The number of benzene rings is 1. The Balaban J connectivity index is 1.66. The molecule has 0 saturated carbocycles. The first-order valence-corrected chi connectivity index (χ1v) is 11.6. The Labute approximate surface area is 196 Å². The molecule has 1 unspecified atom stereocenters. The number of carbonyl (C=O) groups excluding carboxylic acids is 2. The Morgan fingerprint density at radius 2 is 1.97 bits per heavy atom. The molecule has 2 aromatic rings. The SMILES string of the molecule is COCCCCn1cc(CN(C)C(=O)C2CN(C(=O)OC(C)(C)C)CCO2)c2ccccc21. The molecule has 0 spiro atoms. The molecule has 2 amide bonds. The van der Waals surface area contributed by atoms with Gasteiger partial charge in [0.2, 0.25) is 0 Å². The summed E-state index contributed by atoms with van der Waals surface area (Å²) in [5, 5.41) is 1.14. The summed E-state index contributed by atoms with van der Waals surface area (Å²) in [6.45, 7) is 8.53. The summed E-state index contributed by atoms with van der Waals surface area (Å²) in [4.78, 5) is 28.8. The summed E-state index contributed by atoms with van der Waals surface area (Å²) in [6.07, 6.45) is 3.05. The van der Waals surface area contributed by atoms with E-state index in [0.717, 1.165) is 42.5 Å². The third-order valence-electron chi connectivity index (χ3n) is 5.65. The number of fused-ring (bicyclic) bond motifs is 1. The number of rotatable bonds is 8. The maximum atomic E-state index is 13.1. The van der Waals surface area contributed by atoms with Crippen LogP contribution in [0.4, 0.5) is 4.79 Å². The molecule has 8 heteroatoms. The van der Waals surface area contributed by atoms with E-state index in [2.05, 4.69) is 22.9 Å². The lowest BCUT2D eigenvalue weighted by molar-refractivity contribution is -0.148. The standard InChI is InChI=1S/C25H37N3O5/c1-25(2,3)33-24(30)28-13-15-32-22(18-28)23(29)26(4)16-19-17-27(12-8-9-14-31-5)21-11-7-6-10-20(19)21/h6-7,10-11,17,22H,8-9,12-16,18H2,1-5H3. The van der Waals surface area contributed by atoms with Crippen LogP contribution in [0.15, 0.2) is 30.5 Å². The number of aromatic nitrogens is 1.